The third kappa shape index (κ3) is 6.17. The summed E-state index contributed by atoms with van der Waals surface area (Å²) >= 11 is 0. The Labute approximate surface area is 97.9 Å². The van der Waals surface area contributed by atoms with Gasteiger partial charge in [0.05, 0.1) is 5.57 Å². The highest BCUT2D eigenvalue weighted by Gasteiger charge is 2.13. The van der Waals surface area contributed by atoms with E-state index in [1.807, 2.05) is 13.8 Å². The molecule has 0 atom stereocenters. The van der Waals surface area contributed by atoms with Gasteiger partial charge in [0.25, 0.3) is 0 Å². The molecule has 0 rings (SSSR count). The Morgan fingerprint density at radius 2 is 1.62 bits per heavy atom. The van der Waals surface area contributed by atoms with Gasteiger partial charge in [-0.1, -0.05) is 32.9 Å². The summed E-state index contributed by atoms with van der Waals surface area (Å²) in [5, 5.41) is 8.84. The van der Waals surface area contributed by atoms with Gasteiger partial charge >= 0.3 is 5.97 Å². The molecule has 0 saturated heterocycles. The van der Waals surface area contributed by atoms with Crippen LogP contribution < -0.4 is 0 Å². The van der Waals surface area contributed by atoms with E-state index in [0.717, 1.165) is 0 Å². The second-order valence-corrected chi connectivity index (χ2v) is 2.89. The lowest BCUT2D eigenvalue weighted by atomic mass is 9.99. The Kier molecular flexibility index (Phi) is 10.8. The Balaban J connectivity index is 0. The van der Waals surface area contributed by atoms with E-state index in [2.05, 4.69) is 0 Å². The highest BCUT2D eigenvalue weighted by molar-refractivity contribution is 5.94. The SMILES string of the molecule is C/C=C(CC(=O)CC)\C(=C/C)C(=O)O.CC. The highest BCUT2D eigenvalue weighted by Crippen LogP contribution is 2.15. The van der Waals surface area contributed by atoms with Crippen LogP contribution in [0.2, 0.25) is 0 Å². The molecule has 0 aliphatic rings. The van der Waals surface area contributed by atoms with Gasteiger partial charge in [-0.05, 0) is 19.4 Å². The molecule has 0 radical (unpaired) electrons. The number of carbonyl (C=O) groups excluding carboxylic acids is 1. The van der Waals surface area contributed by atoms with Gasteiger partial charge in [0.15, 0.2) is 0 Å². The van der Waals surface area contributed by atoms with Crippen LogP contribution >= 0.6 is 0 Å². The van der Waals surface area contributed by atoms with Crippen LogP contribution in [0.25, 0.3) is 0 Å². The van der Waals surface area contributed by atoms with Crippen LogP contribution in [0.5, 0.6) is 0 Å². The van der Waals surface area contributed by atoms with Crippen LogP contribution in [0.1, 0.15) is 47.5 Å². The number of carboxylic acids is 1. The van der Waals surface area contributed by atoms with E-state index in [9.17, 15) is 9.59 Å². The van der Waals surface area contributed by atoms with Crippen LogP contribution in [0.15, 0.2) is 23.3 Å². The van der Waals surface area contributed by atoms with Crippen LogP contribution in [0.4, 0.5) is 0 Å². The molecule has 0 aromatic carbocycles. The van der Waals surface area contributed by atoms with Crippen molar-refractivity contribution in [3.63, 3.8) is 0 Å². The van der Waals surface area contributed by atoms with E-state index in [1.54, 1.807) is 26.8 Å². The fourth-order valence-corrected chi connectivity index (χ4v) is 1.14. The largest absolute Gasteiger partial charge is 0.478 e. The predicted molar refractivity (Wildman–Crippen MR) is 66.4 cm³/mol. The van der Waals surface area contributed by atoms with Gasteiger partial charge in [0, 0.05) is 12.8 Å². The molecular formula is C13H22O3. The van der Waals surface area contributed by atoms with E-state index in [1.165, 1.54) is 6.08 Å². The first-order valence-corrected chi connectivity index (χ1v) is 5.63. The first-order chi connectivity index (χ1) is 7.56. The average Bonchev–Trinajstić information content (AvgIpc) is 2.30. The van der Waals surface area contributed by atoms with Gasteiger partial charge < -0.3 is 5.11 Å². The zero-order chi connectivity index (χ0) is 13.1. The fraction of sp³-hybridized carbons (Fsp3) is 0.538. The third-order valence-electron chi connectivity index (χ3n) is 2.00. The number of ketones is 1. The maximum atomic E-state index is 11.2. The van der Waals surface area contributed by atoms with E-state index in [4.69, 9.17) is 5.11 Å². The van der Waals surface area contributed by atoms with Gasteiger partial charge in [-0.3, -0.25) is 4.79 Å². The summed E-state index contributed by atoms with van der Waals surface area (Å²) in [6, 6.07) is 0. The zero-order valence-corrected chi connectivity index (χ0v) is 10.8. The molecule has 92 valence electrons. The van der Waals surface area contributed by atoms with Crippen molar-refractivity contribution in [3.05, 3.63) is 23.3 Å². The third-order valence-corrected chi connectivity index (χ3v) is 2.00. The Bertz CT molecular complexity index is 286. The Morgan fingerprint density at radius 1 is 1.12 bits per heavy atom. The summed E-state index contributed by atoms with van der Waals surface area (Å²) in [7, 11) is 0. The van der Waals surface area contributed by atoms with Crippen LogP contribution in [-0.4, -0.2) is 16.9 Å². The first-order valence-electron chi connectivity index (χ1n) is 5.63. The molecule has 0 aromatic heterocycles. The summed E-state index contributed by atoms with van der Waals surface area (Å²) in [5.74, 6) is -0.928. The molecule has 0 aliphatic heterocycles. The van der Waals surface area contributed by atoms with Crippen molar-refractivity contribution in [2.24, 2.45) is 0 Å². The minimum Gasteiger partial charge on any atom is -0.478 e. The summed E-state index contributed by atoms with van der Waals surface area (Å²) in [4.78, 5) is 21.9. The highest BCUT2D eigenvalue weighted by atomic mass is 16.4. The number of Topliss-reactive ketones (excluding diaryl/α,β-unsaturated/α-hetero) is 1. The monoisotopic (exact) mass is 226 g/mol. The van der Waals surface area contributed by atoms with Crippen molar-refractivity contribution in [2.75, 3.05) is 0 Å². The van der Waals surface area contributed by atoms with Crippen LogP contribution in [0, 0.1) is 0 Å². The lowest BCUT2D eigenvalue weighted by Gasteiger charge is -2.05. The second-order valence-electron chi connectivity index (χ2n) is 2.89. The summed E-state index contributed by atoms with van der Waals surface area (Å²) in [6.45, 7) is 9.17. The molecular weight excluding hydrogens is 204 g/mol. The quantitative estimate of drug-likeness (QED) is 0.577. The lowest BCUT2D eigenvalue weighted by molar-refractivity contribution is -0.132. The van der Waals surface area contributed by atoms with E-state index >= 15 is 0 Å². The number of aliphatic carboxylic acids is 1. The maximum Gasteiger partial charge on any atom is 0.335 e. The van der Waals surface area contributed by atoms with Gasteiger partial charge in [-0.25, -0.2) is 4.79 Å². The normalized spacial score (nSPS) is 11.6. The summed E-state index contributed by atoms with van der Waals surface area (Å²) in [5.41, 5.74) is 0.807. The topological polar surface area (TPSA) is 54.4 Å². The van der Waals surface area contributed by atoms with Crippen LogP contribution in [-0.2, 0) is 9.59 Å². The number of hydrogen-bond acceptors (Lipinski definition) is 2. The molecule has 0 bridgehead atoms. The molecule has 0 fully saturated rings. The number of hydrogen-bond donors (Lipinski definition) is 1. The smallest absolute Gasteiger partial charge is 0.335 e. The molecule has 16 heavy (non-hydrogen) atoms. The van der Waals surface area contributed by atoms with Crippen molar-refractivity contribution in [1.29, 1.82) is 0 Å². The first kappa shape index (κ1) is 17.0. The molecule has 0 amide bonds. The molecule has 0 aliphatic carbocycles. The second kappa shape index (κ2) is 10.1. The van der Waals surface area contributed by atoms with Gasteiger partial charge in [-0.2, -0.15) is 0 Å². The van der Waals surface area contributed by atoms with Gasteiger partial charge in [-0.15, -0.1) is 0 Å². The molecule has 1 N–H and O–H groups in total. The maximum absolute atomic E-state index is 11.2. The molecule has 0 spiro atoms. The summed E-state index contributed by atoms with van der Waals surface area (Å²) in [6.07, 6.45) is 3.84. The van der Waals surface area contributed by atoms with E-state index in [0.29, 0.717) is 12.0 Å². The minimum absolute atomic E-state index is 0.0544. The fourth-order valence-electron chi connectivity index (χ4n) is 1.14. The van der Waals surface area contributed by atoms with Crippen molar-refractivity contribution in [2.45, 2.75) is 47.5 Å². The molecule has 0 unspecified atom stereocenters. The van der Waals surface area contributed by atoms with Crippen LogP contribution in [0.3, 0.4) is 0 Å². The van der Waals surface area contributed by atoms with Crippen molar-refractivity contribution >= 4 is 11.8 Å². The molecule has 3 nitrogen and oxygen atoms in total. The molecule has 0 heterocycles. The number of carboxylic acid groups (broad SMARTS) is 1. The minimum atomic E-state index is -0.982. The lowest BCUT2D eigenvalue weighted by Crippen LogP contribution is -2.07. The number of rotatable bonds is 5. The number of allylic oxidation sites excluding steroid dienone is 2. The Morgan fingerprint density at radius 3 is 1.88 bits per heavy atom. The average molecular weight is 226 g/mol. The molecule has 0 aromatic rings. The van der Waals surface area contributed by atoms with Crippen molar-refractivity contribution in [3.8, 4) is 0 Å². The van der Waals surface area contributed by atoms with Gasteiger partial charge in [0.2, 0.25) is 0 Å². The standard InChI is InChI=1S/C11H16O3.C2H6/c1-4-8(7-9(12)5-2)10(6-3)11(13)14;1-2/h4,6H,5,7H2,1-3H3,(H,13,14);1-2H3/b8-4-,10-6+;. The number of carbonyl (C=O) groups is 2. The van der Waals surface area contributed by atoms with Gasteiger partial charge in [0.1, 0.15) is 5.78 Å². The van der Waals surface area contributed by atoms with Crippen molar-refractivity contribution in [1.82, 2.24) is 0 Å². The Hall–Kier alpha value is -1.38. The van der Waals surface area contributed by atoms with E-state index < -0.39 is 5.97 Å². The van der Waals surface area contributed by atoms with Crippen molar-refractivity contribution < 1.29 is 14.7 Å². The summed E-state index contributed by atoms with van der Waals surface area (Å²) < 4.78 is 0. The van der Waals surface area contributed by atoms with E-state index in [-0.39, 0.29) is 17.8 Å². The zero-order valence-electron chi connectivity index (χ0n) is 10.8. The molecule has 3 heteroatoms. The predicted octanol–water partition coefficient (Wildman–Crippen LogP) is 3.36. The molecule has 0 saturated carbocycles.